The summed E-state index contributed by atoms with van der Waals surface area (Å²) in [4.78, 5) is 1.99. The van der Waals surface area contributed by atoms with Crippen molar-refractivity contribution in [3.63, 3.8) is 0 Å². The molecule has 28 heavy (non-hydrogen) atoms. The summed E-state index contributed by atoms with van der Waals surface area (Å²) in [7, 11) is 0. The Morgan fingerprint density at radius 1 is 0.536 bits per heavy atom. The van der Waals surface area contributed by atoms with Gasteiger partial charge < -0.3 is 15.3 Å². The Balaban J connectivity index is 1.94. The highest BCUT2D eigenvalue weighted by atomic mass is 16.3. The van der Waals surface area contributed by atoms with E-state index in [1.165, 1.54) is 0 Å². The van der Waals surface area contributed by atoms with Gasteiger partial charge in [-0.05, 0) is 37.5 Å². The number of hydrogen-bond acceptors (Lipinski definition) is 4. The summed E-state index contributed by atoms with van der Waals surface area (Å²) in [5.41, 5.74) is 4.08. The summed E-state index contributed by atoms with van der Waals surface area (Å²) in [6.07, 6.45) is 0. The Morgan fingerprint density at radius 2 is 0.821 bits per heavy atom. The molecule has 4 nitrogen and oxygen atoms in total. The standard InChI is InChI=1S/C24H27NO3/c1-16-7-4-10-19(22(16)26)13-25(14-20-11-5-8-17(2)23(20)27)15-21-12-6-9-18(3)24(21)28/h4-12,26-28H,13-15H2,1-3H3/p-3. The maximum atomic E-state index is 12.5. The highest BCUT2D eigenvalue weighted by Crippen LogP contribution is 2.27. The van der Waals surface area contributed by atoms with Crippen molar-refractivity contribution in [2.45, 2.75) is 40.4 Å². The van der Waals surface area contributed by atoms with E-state index in [4.69, 9.17) is 0 Å². The molecule has 3 rings (SSSR count). The average molecular weight is 374 g/mol. The fourth-order valence-corrected chi connectivity index (χ4v) is 3.40. The predicted molar refractivity (Wildman–Crippen MR) is 105 cm³/mol. The van der Waals surface area contributed by atoms with Gasteiger partial charge in [-0.1, -0.05) is 71.3 Å². The minimum Gasteiger partial charge on any atom is -0.872 e. The van der Waals surface area contributed by atoms with Crippen LogP contribution >= 0.6 is 0 Å². The van der Waals surface area contributed by atoms with Crippen LogP contribution in [-0.4, -0.2) is 4.90 Å². The lowest BCUT2D eigenvalue weighted by Crippen LogP contribution is -2.24. The number of aryl methyl sites for hydroxylation is 3. The van der Waals surface area contributed by atoms with E-state index in [2.05, 4.69) is 0 Å². The number of para-hydroxylation sites is 3. The summed E-state index contributed by atoms with van der Waals surface area (Å²) >= 11 is 0. The summed E-state index contributed by atoms with van der Waals surface area (Å²) in [6.45, 7) is 6.51. The minimum atomic E-state index is 0.00526. The summed E-state index contributed by atoms with van der Waals surface area (Å²) in [5, 5.41) is 37.5. The van der Waals surface area contributed by atoms with E-state index in [9.17, 15) is 15.3 Å². The first-order valence-corrected chi connectivity index (χ1v) is 9.35. The molecule has 0 unspecified atom stereocenters. The molecule has 0 fully saturated rings. The zero-order chi connectivity index (χ0) is 20.3. The van der Waals surface area contributed by atoms with Crippen LogP contribution in [0.2, 0.25) is 0 Å². The molecule has 0 atom stereocenters. The van der Waals surface area contributed by atoms with E-state index >= 15 is 0 Å². The lowest BCUT2D eigenvalue weighted by Gasteiger charge is -2.30. The van der Waals surface area contributed by atoms with Gasteiger partial charge in [-0.2, -0.15) is 0 Å². The monoisotopic (exact) mass is 374 g/mol. The molecule has 3 aromatic carbocycles. The van der Waals surface area contributed by atoms with Gasteiger partial charge in [0.15, 0.2) is 0 Å². The van der Waals surface area contributed by atoms with Gasteiger partial charge in [0.05, 0.1) is 0 Å². The third-order valence-corrected chi connectivity index (χ3v) is 5.06. The highest BCUT2D eigenvalue weighted by molar-refractivity contribution is 5.41. The lowest BCUT2D eigenvalue weighted by atomic mass is 10.1. The molecule has 146 valence electrons. The van der Waals surface area contributed by atoms with Gasteiger partial charge in [-0.25, -0.2) is 0 Å². The topological polar surface area (TPSA) is 72.4 Å². The molecule has 0 spiro atoms. The highest BCUT2D eigenvalue weighted by Gasteiger charge is 2.11. The fraction of sp³-hybridized carbons (Fsp3) is 0.250. The maximum absolute atomic E-state index is 12.5. The number of hydrogen-bond donors (Lipinski definition) is 0. The first-order valence-electron chi connectivity index (χ1n) is 9.35. The summed E-state index contributed by atoms with van der Waals surface area (Å²) < 4.78 is 0. The van der Waals surface area contributed by atoms with E-state index in [-0.39, 0.29) is 17.2 Å². The van der Waals surface area contributed by atoms with Gasteiger partial charge in [0, 0.05) is 19.6 Å². The third-order valence-electron chi connectivity index (χ3n) is 5.06. The Labute approximate surface area is 166 Å². The van der Waals surface area contributed by atoms with Crippen molar-refractivity contribution in [3.8, 4) is 17.2 Å². The molecule has 4 heteroatoms. The molecule has 0 aromatic heterocycles. The van der Waals surface area contributed by atoms with Gasteiger partial charge in [-0.15, -0.1) is 17.2 Å². The molecule has 0 saturated carbocycles. The smallest absolute Gasteiger partial charge is 0.0234 e. The molecule has 3 aromatic rings. The van der Waals surface area contributed by atoms with Crippen molar-refractivity contribution < 1.29 is 15.3 Å². The van der Waals surface area contributed by atoms with E-state index in [1.54, 1.807) is 39.0 Å². The van der Waals surface area contributed by atoms with E-state index < -0.39 is 0 Å². The Morgan fingerprint density at radius 3 is 1.11 bits per heavy atom. The van der Waals surface area contributed by atoms with Crippen LogP contribution in [0.5, 0.6) is 17.2 Å². The van der Waals surface area contributed by atoms with Crippen molar-refractivity contribution in [2.24, 2.45) is 0 Å². The molecule has 0 aliphatic carbocycles. The molecule has 0 amide bonds. The molecule has 0 N–H and O–H groups in total. The van der Waals surface area contributed by atoms with Crippen LogP contribution in [0.25, 0.3) is 0 Å². The van der Waals surface area contributed by atoms with Crippen LogP contribution in [0.4, 0.5) is 0 Å². The van der Waals surface area contributed by atoms with Crippen LogP contribution < -0.4 is 15.3 Å². The first kappa shape index (κ1) is 19.8. The fourth-order valence-electron chi connectivity index (χ4n) is 3.40. The molecule has 0 aliphatic rings. The number of rotatable bonds is 6. The zero-order valence-electron chi connectivity index (χ0n) is 16.5. The number of nitrogens with zero attached hydrogens (tertiary/aromatic N) is 1. The van der Waals surface area contributed by atoms with Crippen molar-refractivity contribution in [1.82, 2.24) is 4.90 Å². The Bertz CT molecular complexity index is 854. The molecule has 0 saturated heterocycles. The largest absolute Gasteiger partial charge is 0.872 e. The second-order valence-corrected chi connectivity index (χ2v) is 7.33. The molecular weight excluding hydrogens is 350 g/mol. The van der Waals surface area contributed by atoms with Gasteiger partial charge >= 0.3 is 0 Å². The van der Waals surface area contributed by atoms with Crippen molar-refractivity contribution in [2.75, 3.05) is 0 Å². The summed E-state index contributed by atoms with van der Waals surface area (Å²) in [6, 6.07) is 16.4. The van der Waals surface area contributed by atoms with Gasteiger partial charge in [0.2, 0.25) is 0 Å². The quantitative estimate of drug-likeness (QED) is 0.665. The maximum Gasteiger partial charge on any atom is 0.0234 e. The van der Waals surface area contributed by atoms with E-state index in [1.807, 2.05) is 41.3 Å². The van der Waals surface area contributed by atoms with E-state index in [0.29, 0.717) is 53.0 Å². The predicted octanol–water partition coefficient (Wildman–Crippen LogP) is 3.04. The second-order valence-electron chi connectivity index (χ2n) is 7.33. The van der Waals surface area contributed by atoms with E-state index in [0.717, 1.165) is 0 Å². The molecule has 0 radical (unpaired) electrons. The first-order chi connectivity index (χ1) is 13.4. The van der Waals surface area contributed by atoms with Crippen LogP contribution in [0.15, 0.2) is 54.6 Å². The van der Waals surface area contributed by atoms with Crippen molar-refractivity contribution >= 4 is 0 Å². The van der Waals surface area contributed by atoms with Crippen LogP contribution in [0.3, 0.4) is 0 Å². The molecular formula is C24H24NO3-3. The molecule has 0 bridgehead atoms. The lowest BCUT2D eigenvalue weighted by molar-refractivity contribution is -0.270. The van der Waals surface area contributed by atoms with Gasteiger partial charge in [0.25, 0.3) is 0 Å². The molecule has 0 aliphatic heterocycles. The minimum absolute atomic E-state index is 0.00526. The summed E-state index contributed by atoms with van der Waals surface area (Å²) in [5.74, 6) is 0.0158. The molecule has 0 heterocycles. The van der Waals surface area contributed by atoms with Crippen LogP contribution in [0, 0.1) is 20.8 Å². The average Bonchev–Trinajstić information content (AvgIpc) is 2.66. The van der Waals surface area contributed by atoms with Gasteiger partial charge in [-0.3, -0.25) is 4.90 Å². The van der Waals surface area contributed by atoms with Crippen molar-refractivity contribution in [3.05, 3.63) is 88.0 Å². The second kappa shape index (κ2) is 8.36. The zero-order valence-corrected chi connectivity index (χ0v) is 16.5. The van der Waals surface area contributed by atoms with Crippen LogP contribution in [-0.2, 0) is 19.6 Å². The number of benzene rings is 3. The van der Waals surface area contributed by atoms with Crippen molar-refractivity contribution in [1.29, 1.82) is 0 Å². The normalized spacial score (nSPS) is 11.1. The Kier molecular flexibility index (Phi) is 5.90. The SMILES string of the molecule is Cc1cccc(CN(Cc2cccc(C)c2[O-])Cc2cccc(C)c2[O-])c1[O-]. The third kappa shape index (κ3) is 4.29. The Hall–Kier alpha value is -2.98. The van der Waals surface area contributed by atoms with Crippen LogP contribution in [0.1, 0.15) is 33.4 Å². The van der Waals surface area contributed by atoms with Gasteiger partial charge in [0.1, 0.15) is 0 Å².